The summed E-state index contributed by atoms with van der Waals surface area (Å²) < 4.78 is 17.6. The lowest BCUT2D eigenvalue weighted by Crippen LogP contribution is -2.49. The number of esters is 1. The third kappa shape index (κ3) is 2.46. The van der Waals surface area contributed by atoms with Crippen LogP contribution in [0.5, 0.6) is 0 Å². The van der Waals surface area contributed by atoms with E-state index in [0.29, 0.717) is 25.9 Å². The van der Waals surface area contributed by atoms with Crippen molar-refractivity contribution in [1.82, 2.24) is 0 Å². The van der Waals surface area contributed by atoms with Crippen LogP contribution in [0.3, 0.4) is 0 Å². The second kappa shape index (κ2) is 5.82. The second-order valence-electron chi connectivity index (χ2n) is 9.27. The molecule has 0 amide bonds. The van der Waals surface area contributed by atoms with Crippen molar-refractivity contribution >= 4 is 5.97 Å². The highest BCUT2D eigenvalue weighted by atomic mass is 16.7. The Balaban J connectivity index is 1.50. The molecule has 0 unspecified atom stereocenters. The Morgan fingerprint density at radius 3 is 2.85 bits per heavy atom. The summed E-state index contributed by atoms with van der Waals surface area (Å²) in [7, 11) is 0. The van der Waals surface area contributed by atoms with Crippen LogP contribution >= 0.6 is 0 Å². The first-order chi connectivity index (χ1) is 12.8. The number of fused-ring (bicyclic) bond motifs is 3. The molecule has 1 saturated carbocycles. The van der Waals surface area contributed by atoms with Crippen LogP contribution < -0.4 is 0 Å². The molecule has 27 heavy (non-hydrogen) atoms. The molecule has 0 bridgehead atoms. The molecule has 2 N–H and O–H groups in total. The maximum absolute atomic E-state index is 13.1. The predicted molar refractivity (Wildman–Crippen MR) is 95.2 cm³/mol. The number of hydrogen-bond donors (Lipinski definition) is 2. The lowest BCUT2D eigenvalue weighted by molar-refractivity contribution is -0.165. The zero-order valence-corrected chi connectivity index (χ0v) is 15.9. The van der Waals surface area contributed by atoms with Crippen molar-refractivity contribution in [3.8, 4) is 0 Å². The Hall–Kier alpha value is -1.37. The first-order valence-corrected chi connectivity index (χ1v) is 10.1. The molecule has 0 spiro atoms. The highest BCUT2D eigenvalue weighted by Gasteiger charge is 2.58. The van der Waals surface area contributed by atoms with E-state index in [0.717, 1.165) is 18.4 Å². The van der Waals surface area contributed by atoms with E-state index >= 15 is 0 Å². The lowest BCUT2D eigenvalue weighted by atomic mass is 9.55. The minimum Gasteiger partial charge on any atom is -0.469 e. The van der Waals surface area contributed by atoms with Gasteiger partial charge in [0.1, 0.15) is 6.10 Å². The van der Waals surface area contributed by atoms with Gasteiger partial charge in [-0.05, 0) is 49.0 Å². The minimum absolute atomic E-state index is 0.0411. The number of rotatable bonds is 0. The van der Waals surface area contributed by atoms with Crippen LogP contribution in [0, 0.1) is 23.2 Å². The molecule has 2 aliphatic carbocycles. The van der Waals surface area contributed by atoms with Gasteiger partial charge in [-0.25, -0.2) is 0 Å². The van der Waals surface area contributed by atoms with Gasteiger partial charge in [0.05, 0.1) is 36.9 Å². The van der Waals surface area contributed by atoms with Crippen molar-refractivity contribution in [1.29, 1.82) is 0 Å². The number of hydrogen-bond acceptors (Lipinski definition) is 6. The molecule has 3 aliphatic heterocycles. The molecule has 8 atom stereocenters. The monoisotopic (exact) mass is 376 g/mol. The number of ether oxygens (including phenoxy) is 3. The van der Waals surface area contributed by atoms with Gasteiger partial charge in [-0.2, -0.15) is 0 Å². The molecular formula is C21H28O6. The molecule has 5 aliphatic rings. The summed E-state index contributed by atoms with van der Waals surface area (Å²) in [6.45, 7) is 4.42. The van der Waals surface area contributed by atoms with Crippen molar-refractivity contribution in [3.05, 3.63) is 23.5 Å². The minimum atomic E-state index is -0.750. The van der Waals surface area contributed by atoms with Gasteiger partial charge < -0.3 is 24.4 Å². The number of aliphatic hydroxyl groups is 2. The molecule has 6 heteroatoms. The molecule has 5 rings (SSSR count). The SMILES string of the molecule is C[C@]12OC=C3CC[C@@H]4[C@H](CC=C5C[C@@H](O)[C@H](O)C[C@@]54C)C(=O)O[C@H](CO1)[C@@H]32. The summed E-state index contributed by atoms with van der Waals surface area (Å²) >= 11 is 0. The molecular weight excluding hydrogens is 348 g/mol. The highest BCUT2D eigenvalue weighted by Crippen LogP contribution is 2.56. The maximum Gasteiger partial charge on any atom is 0.309 e. The van der Waals surface area contributed by atoms with Gasteiger partial charge in [0.25, 0.3) is 0 Å². The molecule has 0 aromatic rings. The van der Waals surface area contributed by atoms with E-state index in [4.69, 9.17) is 14.2 Å². The molecule has 6 nitrogen and oxygen atoms in total. The van der Waals surface area contributed by atoms with Crippen LogP contribution in [0.25, 0.3) is 0 Å². The number of carbonyl (C=O) groups excluding carboxylic acids is 1. The van der Waals surface area contributed by atoms with E-state index in [1.165, 1.54) is 5.57 Å². The fraction of sp³-hybridized carbons (Fsp3) is 0.762. The van der Waals surface area contributed by atoms with E-state index < -0.39 is 18.0 Å². The summed E-state index contributed by atoms with van der Waals surface area (Å²) in [4.78, 5) is 13.1. The Labute approximate surface area is 159 Å². The van der Waals surface area contributed by atoms with Crippen LogP contribution in [-0.4, -0.2) is 46.9 Å². The first kappa shape index (κ1) is 17.7. The Bertz CT molecular complexity index is 728. The third-order valence-electron chi connectivity index (χ3n) is 7.79. The topological polar surface area (TPSA) is 85.2 Å². The van der Waals surface area contributed by atoms with E-state index in [1.54, 1.807) is 6.26 Å². The van der Waals surface area contributed by atoms with Gasteiger partial charge in [0, 0.05) is 6.92 Å². The van der Waals surface area contributed by atoms with Gasteiger partial charge in [-0.15, -0.1) is 0 Å². The van der Waals surface area contributed by atoms with Crippen molar-refractivity contribution in [2.75, 3.05) is 6.61 Å². The van der Waals surface area contributed by atoms with Crippen LogP contribution in [0.15, 0.2) is 23.5 Å². The zero-order chi connectivity index (χ0) is 19.0. The molecule has 0 aromatic heterocycles. The first-order valence-electron chi connectivity index (χ1n) is 10.1. The van der Waals surface area contributed by atoms with Crippen LogP contribution in [-0.2, 0) is 19.0 Å². The summed E-state index contributed by atoms with van der Waals surface area (Å²) in [6, 6.07) is 0. The average Bonchev–Trinajstić information content (AvgIpc) is 3.11. The summed E-state index contributed by atoms with van der Waals surface area (Å²) in [5, 5.41) is 20.5. The van der Waals surface area contributed by atoms with Crippen LogP contribution in [0.2, 0.25) is 0 Å². The standard InChI is InChI=1S/C21H28O6/c1-20-8-16(23)15(22)7-12(20)4-5-13-14(20)6-3-11-9-25-21(2)18(11)17(10-26-21)27-19(13)24/h4,9,13-18,22-23H,3,5-8,10H2,1-2H3/t13-,14+,15+,16+,17+,18+,20-,21-/m0/s1. The quantitative estimate of drug-likeness (QED) is 0.497. The number of aliphatic hydroxyl groups excluding tert-OH is 2. The second-order valence-corrected chi connectivity index (χ2v) is 9.27. The number of allylic oxidation sites excluding steroid dienone is 1. The Morgan fingerprint density at radius 2 is 2.04 bits per heavy atom. The summed E-state index contributed by atoms with van der Waals surface area (Å²) in [5.74, 6) is -1.06. The van der Waals surface area contributed by atoms with E-state index in [2.05, 4.69) is 13.0 Å². The molecule has 148 valence electrons. The molecule has 0 aromatic carbocycles. The predicted octanol–water partition coefficient (Wildman–Crippen LogP) is 2.05. The smallest absolute Gasteiger partial charge is 0.309 e. The van der Waals surface area contributed by atoms with Crippen molar-refractivity contribution < 1.29 is 29.2 Å². The Kier molecular flexibility index (Phi) is 3.81. The summed E-state index contributed by atoms with van der Waals surface area (Å²) in [6.07, 6.45) is 5.42. The van der Waals surface area contributed by atoms with Gasteiger partial charge in [0.2, 0.25) is 5.79 Å². The lowest BCUT2D eigenvalue weighted by Gasteiger charge is -2.50. The normalized spacial score (nSPS) is 51.3. The molecule has 3 heterocycles. The molecule has 2 saturated heterocycles. The maximum atomic E-state index is 13.1. The average molecular weight is 376 g/mol. The van der Waals surface area contributed by atoms with Crippen LogP contribution in [0.4, 0.5) is 0 Å². The van der Waals surface area contributed by atoms with Gasteiger partial charge in [-0.3, -0.25) is 4.79 Å². The Morgan fingerprint density at radius 1 is 1.22 bits per heavy atom. The molecule has 3 fully saturated rings. The fourth-order valence-electron chi connectivity index (χ4n) is 6.26. The van der Waals surface area contributed by atoms with Crippen molar-refractivity contribution in [3.63, 3.8) is 0 Å². The fourth-order valence-corrected chi connectivity index (χ4v) is 6.26. The van der Waals surface area contributed by atoms with Gasteiger partial charge in [0.15, 0.2) is 0 Å². The van der Waals surface area contributed by atoms with Gasteiger partial charge >= 0.3 is 5.97 Å². The van der Waals surface area contributed by atoms with E-state index in [9.17, 15) is 15.0 Å². The molecule has 0 radical (unpaired) electrons. The third-order valence-corrected chi connectivity index (χ3v) is 7.79. The van der Waals surface area contributed by atoms with Gasteiger partial charge in [-0.1, -0.05) is 18.6 Å². The highest BCUT2D eigenvalue weighted by molar-refractivity contribution is 5.74. The van der Waals surface area contributed by atoms with Crippen molar-refractivity contribution in [2.24, 2.45) is 23.2 Å². The van der Waals surface area contributed by atoms with E-state index in [-0.39, 0.29) is 35.2 Å². The largest absolute Gasteiger partial charge is 0.469 e. The van der Waals surface area contributed by atoms with E-state index in [1.807, 2.05) is 6.92 Å². The zero-order valence-electron chi connectivity index (χ0n) is 15.9. The summed E-state index contributed by atoms with van der Waals surface area (Å²) in [5.41, 5.74) is 2.04. The van der Waals surface area contributed by atoms with Crippen molar-refractivity contribution in [2.45, 2.75) is 70.1 Å². The van der Waals surface area contributed by atoms with Crippen LogP contribution in [0.1, 0.15) is 46.0 Å². The number of carbonyl (C=O) groups is 1.